The van der Waals surface area contributed by atoms with Gasteiger partial charge in [-0.3, -0.25) is 9.79 Å². The molecule has 2 fully saturated rings. The lowest BCUT2D eigenvalue weighted by Gasteiger charge is -2.31. The van der Waals surface area contributed by atoms with Crippen LogP contribution in [-0.4, -0.2) is 62.7 Å². The highest BCUT2D eigenvalue weighted by Crippen LogP contribution is 2.15. The van der Waals surface area contributed by atoms with E-state index in [1.54, 1.807) is 7.05 Å². The molecule has 0 aliphatic carbocycles. The maximum atomic E-state index is 12.2. The molecule has 0 aromatic heterocycles. The zero-order valence-corrected chi connectivity index (χ0v) is 16.7. The lowest BCUT2D eigenvalue weighted by molar-refractivity contribution is -0.132. The second kappa shape index (κ2) is 11.1. The first kappa shape index (κ1) is 20.5. The molecule has 2 heterocycles. The van der Waals surface area contributed by atoms with Gasteiger partial charge >= 0.3 is 0 Å². The predicted octanol–water partition coefficient (Wildman–Crippen LogP) is 1.60. The number of ether oxygens (including phenoxy) is 1. The fourth-order valence-corrected chi connectivity index (χ4v) is 3.10. The molecule has 0 aromatic carbocycles. The van der Waals surface area contributed by atoms with Crippen molar-refractivity contribution in [1.29, 1.82) is 0 Å². The van der Waals surface area contributed by atoms with Gasteiger partial charge in [-0.25, -0.2) is 0 Å². The lowest BCUT2D eigenvalue weighted by atomic mass is 10.00. The molecular formula is C16H31IN4O2. The molecule has 6 nitrogen and oxygen atoms in total. The molecule has 0 aromatic rings. The van der Waals surface area contributed by atoms with E-state index < -0.39 is 0 Å². The van der Waals surface area contributed by atoms with Gasteiger partial charge in [0.2, 0.25) is 5.91 Å². The second-order valence-corrected chi connectivity index (χ2v) is 6.35. The molecule has 1 amide bonds. The largest absolute Gasteiger partial charge is 0.376 e. The molecule has 2 N–H and O–H groups in total. The number of likely N-dealkylation sites (tertiary alicyclic amines) is 1. The van der Waals surface area contributed by atoms with Crippen molar-refractivity contribution in [2.45, 2.75) is 45.1 Å². The number of carbonyl (C=O) groups excluding carboxylic acids is 1. The molecule has 134 valence electrons. The van der Waals surface area contributed by atoms with Crippen molar-refractivity contribution in [3.63, 3.8) is 0 Å². The number of carbonyl (C=O) groups is 1. The van der Waals surface area contributed by atoms with Crippen LogP contribution in [0.5, 0.6) is 0 Å². The van der Waals surface area contributed by atoms with E-state index in [0.29, 0.717) is 18.9 Å². The Morgan fingerprint density at radius 3 is 2.78 bits per heavy atom. The molecule has 2 atom stereocenters. The average Bonchev–Trinajstić information content (AvgIpc) is 3.04. The van der Waals surface area contributed by atoms with E-state index >= 15 is 0 Å². The van der Waals surface area contributed by atoms with Crippen LogP contribution in [0.2, 0.25) is 0 Å². The van der Waals surface area contributed by atoms with Crippen molar-refractivity contribution in [3.8, 4) is 0 Å². The van der Waals surface area contributed by atoms with E-state index in [9.17, 15) is 4.79 Å². The smallest absolute Gasteiger partial charge is 0.224 e. The molecule has 2 saturated heterocycles. The van der Waals surface area contributed by atoms with Gasteiger partial charge in [0.15, 0.2) is 5.96 Å². The van der Waals surface area contributed by atoms with Crippen LogP contribution >= 0.6 is 24.0 Å². The first-order chi connectivity index (χ1) is 10.7. The normalized spacial score (nSPS) is 25.0. The Kier molecular flexibility index (Phi) is 9.85. The van der Waals surface area contributed by atoms with Gasteiger partial charge in [-0.2, -0.15) is 0 Å². The predicted molar refractivity (Wildman–Crippen MR) is 103 cm³/mol. The molecule has 0 bridgehead atoms. The summed E-state index contributed by atoms with van der Waals surface area (Å²) in [5.41, 5.74) is 0. The molecule has 0 saturated carbocycles. The fourth-order valence-electron chi connectivity index (χ4n) is 3.10. The number of guanidine groups is 1. The summed E-state index contributed by atoms with van der Waals surface area (Å²) in [5.74, 6) is 1.62. The summed E-state index contributed by atoms with van der Waals surface area (Å²) in [5, 5.41) is 6.47. The van der Waals surface area contributed by atoms with Crippen LogP contribution < -0.4 is 10.6 Å². The van der Waals surface area contributed by atoms with Crippen LogP contribution in [0.1, 0.15) is 39.0 Å². The molecule has 0 radical (unpaired) electrons. The van der Waals surface area contributed by atoms with Gasteiger partial charge in [0.05, 0.1) is 6.10 Å². The van der Waals surface area contributed by atoms with E-state index in [-0.39, 0.29) is 36.0 Å². The number of amides is 1. The number of rotatable bonds is 5. The Balaban J connectivity index is 0.00000264. The molecule has 2 aliphatic heterocycles. The van der Waals surface area contributed by atoms with Crippen LogP contribution in [0.3, 0.4) is 0 Å². The molecule has 0 spiro atoms. The number of piperidine rings is 1. The third kappa shape index (κ3) is 7.24. The minimum Gasteiger partial charge on any atom is -0.376 e. The summed E-state index contributed by atoms with van der Waals surface area (Å²) in [6, 6.07) is 0. The highest BCUT2D eigenvalue weighted by Gasteiger charge is 2.20. The maximum Gasteiger partial charge on any atom is 0.224 e. The van der Waals surface area contributed by atoms with Crippen molar-refractivity contribution >= 4 is 35.8 Å². The summed E-state index contributed by atoms with van der Waals surface area (Å²) in [6.07, 6.45) is 5.42. The van der Waals surface area contributed by atoms with E-state index in [0.717, 1.165) is 51.5 Å². The first-order valence-electron chi connectivity index (χ1n) is 8.53. The van der Waals surface area contributed by atoms with Gasteiger partial charge in [-0.05, 0) is 31.6 Å². The lowest BCUT2D eigenvalue weighted by Crippen LogP contribution is -2.44. The molecule has 23 heavy (non-hydrogen) atoms. The van der Waals surface area contributed by atoms with Crippen LogP contribution in [0.15, 0.2) is 4.99 Å². The SMILES string of the molecule is CN=C(NCCC(=O)N1CCCC(C)C1)NCC1CCCO1.I. The van der Waals surface area contributed by atoms with Crippen LogP contribution in [0.4, 0.5) is 0 Å². The molecule has 7 heteroatoms. The Morgan fingerprint density at radius 2 is 2.13 bits per heavy atom. The van der Waals surface area contributed by atoms with Crippen LogP contribution in [0, 0.1) is 5.92 Å². The minimum absolute atomic E-state index is 0. The zero-order chi connectivity index (χ0) is 15.8. The first-order valence-corrected chi connectivity index (χ1v) is 8.53. The third-order valence-electron chi connectivity index (χ3n) is 4.39. The highest BCUT2D eigenvalue weighted by molar-refractivity contribution is 14.0. The molecule has 2 rings (SSSR count). The van der Waals surface area contributed by atoms with Crippen molar-refractivity contribution in [3.05, 3.63) is 0 Å². The van der Waals surface area contributed by atoms with E-state index in [1.807, 2.05) is 4.90 Å². The highest BCUT2D eigenvalue weighted by atomic mass is 127. The van der Waals surface area contributed by atoms with Gasteiger partial charge < -0.3 is 20.3 Å². The van der Waals surface area contributed by atoms with Crippen molar-refractivity contribution in [2.75, 3.05) is 39.8 Å². The summed E-state index contributed by atoms with van der Waals surface area (Å²) in [7, 11) is 1.75. The van der Waals surface area contributed by atoms with Crippen molar-refractivity contribution in [2.24, 2.45) is 10.9 Å². The van der Waals surface area contributed by atoms with E-state index in [2.05, 4.69) is 22.5 Å². The zero-order valence-electron chi connectivity index (χ0n) is 14.3. The molecular weight excluding hydrogens is 407 g/mol. The Labute approximate surface area is 156 Å². The monoisotopic (exact) mass is 438 g/mol. The van der Waals surface area contributed by atoms with Gasteiger partial charge in [0.25, 0.3) is 0 Å². The number of nitrogens with one attached hydrogen (secondary N) is 2. The van der Waals surface area contributed by atoms with Gasteiger partial charge in [-0.1, -0.05) is 6.92 Å². The molecule has 2 unspecified atom stereocenters. The van der Waals surface area contributed by atoms with Crippen molar-refractivity contribution in [1.82, 2.24) is 15.5 Å². The number of nitrogens with zero attached hydrogens (tertiary/aromatic N) is 2. The fraction of sp³-hybridized carbons (Fsp3) is 0.875. The van der Waals surface area contributed by atoms with E-state index in [4.69, 9.17) is 4.74 Å². The summed E-state index contributed by atoms with van der Waals surface area (Å²) >= 11 is 0. The quantitative estimate of drug-likeness (QED) is 0.389. The Hall–Kier alpha value is -0.570. The third-order valence-corrected chi connectivity index (χ3v) is 4.39. The number of halogens is 1. The molecule has 2 aliphatic rings. The summed E-state index contributed by atoms with van der Waals surface area (Å²) in [6.45, 7) is 6.29. The maximum absolute atomic E-state index is 12.2. The van der Waals surface area contributed by atoms with Crippen LogP contribution in [-0.2, 0) is 9.53 Å². The van der Waals surface area contributed by atoms with Crippen LogP contribution in [0.25, 0.3) is 0 Å². The Bertz CT molecular complexity index is 386. The minimum atomic E-state index is 0. The topological polar surface area (TPSA) is 66.0 Å². The number of hydrogen-bond acceptors (Lipinski definition) is 3. The second-order valence-electron chi connectivity index (χ2n) is 6.35. The Morgan fingerprint density at radius 1 is 1.30 bits per heavy atom. The summed E-state index contributed by atoms with van der Waals surface area (Å²) in [4.78, 5) is 18.4. The van der Waals surface area contributed by atoms with Gasteiger partial charge in [0, 0.05) is 46.3 Å². The van der Waals surface area contributed by atoms with Crippen molar-refractivity contribution < 1.29 is 9.53 Å². The number of aliphatic imine (C=N–C) groups is 1. The van der Waals surface area contributed by atoms with Gasteiger partial charge in [-0.15, -0.1) is 24.0 Å². The standard InChI is InChI=1S/C16H30N4O2.HI/c1-13-5-3-9-20(12-13)15(21)7-8-18-16(17-2)19-11-14-6-4-10-22-14;/h13-14H,3-12H2,1-2H3,(H2,17,18,19);1H. The van der Waals surface area contributed by atoms with Gasteiger partial charge in [0.1, 0.15) is 0 Å². The average molecular weight is 438 g/mol. The number of hydrogen-bond donors (Lipinski definition) is 2. The summed E-state index contributed by atoms with van der Waals surface area (Å²) < 4.78 is 5.57. The van der Waals surface area contributed by atoms with E-state index in [1.165, 1.54) is 6.42 Å².